The summed E-state index contributed by atoms with van der Waals surface area (Å²) >= 11 is 0. The van der Waals surface area contributed by atoms with Crippen LogP contribution in [0.4, 0.5) is 11.4 Å². The van der Waals surface area contributed by atoms with Crippen LogP contribution in [0.3, 0.4) is 0 Å². The van der Waals surface area contributed by atoms with Crippen LogP contribution in [0.25, 0.3) is 0 Å². The lowest BCUT2D eigenvalue weighted by atomic mass is 10.0. The van der Waals surface area contributed by atoms with E-state index in [1.165, 1.54) is 12.8 Å². The first-order chi connectivity index (χ1) is 9.47. The summed E-state index contributed by atoms with van der Waals surface area (Å²) in [5, 5.41) is 17.9. The van der Waals surface area contributed by atoms with E-state index in [2.05, 4.69) is 17.6 Å². The summed E-state index contributed by atoms with van der Waals surface area (Å²) in [5.41, 5.74) is 2.82. The Morgan fingerprint density at radius 2 is 2.20 bits per heavy atom. The molecule has 1 saturated heterocycles. The minimum Gasteiger partial charge on any atom is -0.382 e. The molecule has 0 spiro atoms. The molecule has 0 radical (unpaired) electrons. The molecule has 0 aliphatic carbocycles. The smallest absolute Gasteiger partial charge is 0.274 e. The van der Waals surface area contributed by atoms with Crippen molar-refractivity contribution >= 4 is 11.4 Å². The van der Waals surface area contributed by atoms with Crippen molar-refractivity contribution in [2.24, 2.45) is 0 Å². The molecule has 0 saturated carbocycles. The molecule has 1 aliphatic heterocycles. The van der Waals surface area contributed by atoms with Crippen LogP contribution in [0.1, 0.15) is 37.3 Å². The Hall–Kier alpha value is -1.62. The van der Waals surface area contributed by atoms with Crippen LogP contribution in [0.15, 0.2) is 12.1 Å². The van der Waals surface area contributed by atoms with Crippen LogP contribution < -0.4 is 10.6 Å². The molecule has 0 aromatic heterocycles. The molecule has 1 heterocycles. The topological polar surface area (TPSA) is 67.2 Å². The van der Waals surface area contributed by atoms with Gasteiger partial charge in [0.2, 0.25) is 0 Å². The SMILES string of the molecule is Cc1cc(C)c([N+](=O)[O-])cc1NC(C)CC1CCCN1. The van der Waals surface area contributed by atoms with Crippen molar-refractivity contribution in [3.63, 3.8) is 0 Å². The highest BCUT2D eigenvalue weighted by Gasteiger charge is 2.19. The molecule has 5 heteroatoms. The van der Waals surface area contributed by atoms with Crippen molar-refractivity contribution in [2.45, 2.75) is 52.1 Å². The van der Waals surface area contributed by atoms with E-state index >= 15 is 0 Å². The van der Waals surface area contributed by atoms with Gasteiger partial charge in [-0.1, -0.05) is 0 Å². The lowest BCUT2D eigenvalue weighted by Gasteiger charge is -2.20. The van der Waals surface area contributed by atoms with Crippen molar-refractivity contribution in [3.8, 4) is 0 Å². The molecular formula is C15H23N3O2. The monoisotopic (exact) mass is 277 g/mol. The number of nitro benzene ring substituents is 1. The van der Waals surface area contributed by atoms with Gasteiger partial charge in [-0.15, -0.1) is 0 Å². The first kappa shape index (κ1) is 14.8. The molecule has 1 aromatic carbocycles. The number of anilines is 1. The van der Waals surface area contributed by atoms with Gasteiger partial charge in [-0.3, -0.25) is 10.1 Å². The Balaban J connectivity index is 2.07. The normalized spacial score (nSPS) is 19.9. The summed E-state index contributed by atoms with van der Waals surface area (Å²) in [5.74, 6) is 0. The lowest BCUT2D eigenvalue weighted by Crippen LogP contribution is -2.29. The van der Waals surface area contributed by atoms with Gasteiger partial charge in [0.05, 0.1) is 4.92 Å². The average Bonchev–Trinajstić information content (AvgIpc) is 2.84. The standard InChI is InChI=1S/C15H23N3O2/c1-10-7-11(2)15(18(19)20)9-14(10)17-12(3)8-13-5-4-6-16-13/h7,9,12-13,16-17H,4-6,8H2,1-3H3. The quantitative estimate of drug-likeness (QED) is 0.641. The maximum atomic E-state index is 11.0. The van der Waals surface area contributed by atoms with Crippen LogP contribution in [0, 0.1) is 24.0 Å². The number of benzene rings is 1. The Morgan fingerprint density at radius 1 is 1.45 bits per heavy atom. The predicted octanol–water partition coefficient (Wildman–Crippen LogP) is 3.15. The molecule has 1 fully saturated rings. The highest BCUT2D eigenvalue weighted by atomic mass is 16.6. The van der Waals surface area contributed by atoms with Gasteiger partial charge >= 0.3 is 0 Å². The minimum atomic E-state index is -0.316. The van der Waals surface area contributed by atoms with Crippen molar-refractivity contribution < 1.29 is 4.92 Å². The fraction of sp³-hybridized carbons (Fsp3) is 0.600. The maximum absolute atomic E-state index is 11.0. The second-order valence-electron chi connectivity index (χ2n) is 5.79. The second-order valence-corrected chi connectivity index (χ2v) is 5.79. The van der Waals surface area contributed by atoms with Crippen LogP contribution >= 0.6 is 0 Å². The fourth-order valence-electron chi connectivity index (χ4n) is 2.90. The van der Waals surface area contributed by atoms with E-state index < -0.39 is 0 Å². The van der Waals surface area contributed by atoms with E-state index in [4.69, 9.17) is 0 Å². The average molecular weight is 277 g/mol. The second kappa shape index (κ2) is 6.22. The molecule has 5 nitrogen and oxygen atoms in total. The molecule has 2 atom stereocenters. The van der Waals surface area contributed by atoms with Gasteiger partial charge in [-0.05, 0) is 58.2 Å². The first-order valence-electron chi connectivity index (χ1n) is 7.23. The number of hydrogen-bond acceptors (Lipinski definition) is 4. The third-order valence-electron chi connectivity index (χ3n) is 3.94. The number of hydrogen-bond donors (Lipinski definition) is 2. The first-order valence-corrected chi connectivity index (χ1v) is 7.23. The number of nitrogens with one attached hydrogen (secondary N) is 2. The van der Waals surface area contributed by atoms with Crippen molar-refractivity contribution in [2.75, 3.05) is 11.9 Å². The van der Waals surface area contributed by atoms with E-state index in [0.717, 1.165) is 24.2 Å². The molecule has 2 N–H and O–H groups in total. The zero-order chi connectivity index (χ0) is 14.7. The summed E-state index contributed by atoms with van der Waals surface area (Å²) in [4.78, 5) is 10.7. The summed E-state index contributed by atoms with van der Waals surface area (Å²) in [6.45, 7) is 7.00. The van der Waals surface area contributed by atoms with Crippen molar-refractivity contribution in [1.82, 2.24) is 5.32 Å². The van der Waals surface area contributed by atoms with Crippen LogP contribution in [-0.2, 0) is 0 Å². The van der Waals surface area contributed by atoms with E-state index in [1.807, 2.05) is 13.0 Å². The van der Waals surface area contributed by atoms with E-state index in [9.17, 15) is 10.1 Å². The summed E-state index contributed by atoms with van der Waals surface area (Å²) in [6.07, 6.45) is 3.51. The molecular weight excluding hydrogens is 254 g/mol. The van der Waals surface area contributed by atoms with Gasteiger partial charge in [-0.25, -0.2) is 0 Å². The highest BCUT2D eigenvalue weighted by molar-refractivity contribution is 5.60. The van der Waals surface area contributed by atoms with Gasteiger partial charge in [0.1, 0.15) is 0 Å². The minimum absolute atomic E-state index is 0.185. The lowest BCUT2D eigenvalue weighted by molar-refractivity contribution is -0.385. The van der Waals surface area contributed by atoms with Gasteiger partial charge < -0.3 is 10.6 Å². The molecule has 2 unspecified atom stereocenters. The Labute approximate surface area is 119 Å². The van der Waals surface area contributed by atoms with E-state index in [0.29, 0.717) is 17.6 Å². The van der Waals surface area contributed by atoms with E-state index in [-0.39, 0.29) is 10.6 Å². The largest absolute Gasteiger partial charge is 0.382 e. The molecule has 0 amide bonds. The predicted molar refractivity (Wildman–Crippen MR) is 81.3 cm³/mol. The molecule has 1 aromatic rings. The van der Waals surface area contributed by atoms with Crippen LogP contribution in [-0.4, -0.2) is 23.6 Å². The van der Waals surface area contributed by atoms with Gasteiger partial charge in [-0.2, -0.15) is 0 Å². The van der Waals surface area contributed by atoms with E-state index in [1.54, 1.807) is 13.0 Å². The Bertz CT molecular complexity index is 496. The summed E-state index contributed by atoms with van der Waals surface area (Å²) in [6, 6.07) is 4.40. The number of nitrogens with zero attached hydrogens (tertiary/aromatic N) is 1. The third kappa shape index (κ3) is 3.48. The maximum Gasteiger partial charge on any atom is 0.274 e. The number of rotatable bonds is 5. The van der Waals surface area contributed by atoms with Gasteiger partial charge in [0.25, 0.3) is 5.69 Å². The van der Waals surface area contributed by atoms with Gasteiger partial charge in [0.15, 0.2) is 0 Å². The molecule has 0 bridgehead atoms. The van der Waals surface area contributed by atoms with Crippen molar-refractivity contribution in [1.29, 1.82) is 0 Å². The van der Waals surface area contributed by atoms with Crippen LogP contribution in [0.2, 0.25) is 0 Å². The zero-order valence-electron chi connectivity index (χ0n) is 12.4. The summed E-state index contributed by atoms with van der Waals surface area (Å²) in [7, 11) is 0. The van der Waals surface area contributed by atoms with Gasteiger partial charge in [0, 0.05) is 29.4 Å². The zero-order valence-corrected chi connectivity index (χ0v) is 12.4. The molecule has 20 heavy (non-hydrogen) atoms. The number of aryl methyl sites for hydroxylation is 2. The highest BCUT2D eigenvalue weighted by Crippen LogP contribution is 2.27. The molecule has 1 aliphatic rings. The summed E-state index contributed by atoms with van der Waals surface area (Å²) < 4.78 is 0. The van der Waals surface area contributed by atoms with Crippen molar-refractivity contribution in [3.05, 3.63) is 33.4 Å². The molecule has 2 rings (SSSR count). The number of nitro groups is 1. The Kier molecular flexibility index (Phi) is 4.60. The van der Waals surface area contributed by atoms with Crippen LogP contribution in [0.5, 0.6) is 0 Å². The Morgan fingerprint density at radius 3 is 2.80 bits per heavy atom. The molecule has 110 valence electrons. The third-order valence-corrected chi connectivity index (χ3v) is 3.94. The fourth-order valence-corrected chi connectivity index (χ4v) is 2.90.